The van der Waals surface area contributed by atoms with Gasteiger partial charge < -0.3 is 10.4 Å². The van der Waals surface area contributed by atoms with Crippen molar-refractivity contribution >= 4 is 23.3 Å². The predicted octanol–water partition coefficient (Wildman–Crippen LogP) is -0.676. The fourth-order valence-electron chi connectivity index (χ4n) is 1.80. The van der Waals surface area contributed by atoms with Gasteiger partial charge in [-0.05, 0) is 12.1 Å². The van der Waals surface area contributed by atoms with Crippen molar-refractivity contribution in [3.63, 3.8) is 0 Å². The average molecular weight is 248 g/mol. The molecule has 0 bridgehead atoms. The van der Waals surface area contributed by atoms with Gasteiger partial charge in [0.1, 0.15) is 6.54 Å². The number of nitrogens with one attached hydrogen (secondary N) is 1. The number of ketones is 1. The Morgan fingerprint density at radius 2 is 2.00 bits per heavy atom. The van der Waals surface area contributed by atoms with Crippen LogP contribution in [0.5, 0.6) is 0 Å². The Morgan fingerprint density at radius 1 is 1.28 bits per heavy atom. The van der Waals surface area contributed by atoms with E-state index < -0.39 is 17.6 Å². The van der Waals surface area contributed by atoms with Gasteiger partial charge >= 0.3 is 0 Å². The van der Waals surface area contributed by atoms with Gasteiger partial charge in [-0.25, -0.2) is 0 Å². The van der Waals surface area contributed by atoms with Crippen molar-refractivity contribution in [2.24, 2.45) is 0 Å². The molecular weight excluding hydrogens is 236 g/mol. The third-order valence-electron chi connectivity index (χ3n) is 2.61. The van der Waals surface area contributed by atoms with E-state index in [0.717, 1.165) is 4.90 Å². The molecule has 1 aliphatic heterocycles. The van der Waals surface area contributed by atoms with Gasteiger partial charge in [0.05, 0.1) is 17.9 Å². The molecule has 18 heavy (non-hydrogen) atoms. The standard InChI is InChI=1S/C12H12N2O4/c15-6-5-13-10(16)7-14-9-4-2-1-3-8(9)11(17)12(14)18/h1-4,15H,5-7H2,(H,13,16). The molecule has 0 atom stereocenters. The molecule has 0 spiro atoms. The van der Waals surface area contributed by atoms with Crippen molar-refractivity contribution in [3.8, 4) is 0 Å². The van der Waals surface area contributed by atoms with Crippen LogP contribution >= 0.6 is 0 Å². The summed E-state index contributed by atoms with van der Waals surface area (Å²) in [6, 6.07) is 6.54. The first kappa shape index (κ1) is 12.3. The fourth-order valence-corrected chi connectivity index (χ4v) is 1.80. The highest BCUT2D eigenvalue weighted by Crippen LogP contribution is 2.27. The lowest BCUT2D eigenvalue weighted by Gasteiger charge is -2.15. The van der Waals surface area contributed by atoms with Gasteiger partial charge in [-0.3, -0.25) is 19.3 Å². The van der Waals surface area contributed by atoms with Crippen LogP contribution < -0.4 is 10.2 Å². The number of aliphatic hydroxyl groups excluding tert-OH is 1. The molecule has 1 aromatic carbocycles. The molecule has 94 valence electrons. The summed E-state index contributed by atoms with van der Waals surface area (Å²) in [4.78, 5) is 36.0. The van der Waals surface area contributed by atoms with E-state index in [0.29, 0.717) is 11.3 Å². The summed E-state index contributed by atoms with van der Waals surface area (Å²) in [6.45, 7) is -0.271. The van der Waals surface area contributed by atoms with Crippen LogP contribution in [0.2, 0.25) is 0 Å². The molecular formula is C12H12N2O4. The van der Waals surface area contributed by atoms with E-state index in [1.165, 1.54) is 0 Å². The number of benzene rings is 1. The second-order valence-corrected chi connectivity index (χ2v) is 3.81. The van der Waals surface area contributed by atoms with Crippen molar-refractivity contribution < 1.29 is 19.5 Å². The minimum atomic E-state index is -0.699. The number of fused-ring (bicyclic) bond motifs is 1. The number of rotatable bonds is 4. The second-order valence-electron chi connectivity index (χ2n) is 3.81. The molecule has 6 nitrogen and oxygen atoms in total. The molecule has 0 saturated heterocycles. The Hall–Kier alpha value is -2.21. The molecule has 0 aromatic heterocycles. The van der Waals surface area contributed by atoms with Gasteiger partial charge in [-0.2, -0.15) is 0 Å². The van der Waals surface area contributed by atoms with Gasteiger partial charge in [0, 0.05) is 6.54 Å². The van der Waals surface area contributed by atoms with Crippen LogP contribution in [-0.4, -0.2) is 42.4 Å². The quantitative estimate of drug-likeness (QED) is 0.691. The summed E-state index contributed by atoms with van der Waals surface area (Å²) in [7, 11) is 0. The Labute approximate surface area is 103 Å². The van der Waals surface area contributed by atoms with Crippen molar-refractivity contribution in [2.45, 2.75) is 0 Å². The summed E-state index contributed by atoms with van der Waals surface area (Å²) in [6.07, 6.45) is 0. The monoisotopic (exact) mass is 248 g/mol. The van der Waals surface area contributed by atoms with Gasteiger partial charge in [0.15, 0.2) is 0 Å². The number of para-hydroxylation sites is 1. The molecule has 0 saturated carbocycles. The number of hydrogen-bond donors (Lipinski definition) is 2. The van der Waals surface area contributed by atoms with Gasteiger partial charge in [0.25, 0.3) is 11.7 Å². The number of carbonyl (C=O) groups excluding carboxylic acids is 3. The van der Waals surface area contributed by atoms with Gasteiger partial charge in [0.2, 0.25) is 5.91 Å². The molecule has 0 aliphatic carbocycles. The maximum Gasteiger partial charge on any atom is 0.299 e. The highest BCUT2D eigenvalue weighted by molar-refractivity contribution is 6.52. The minimum Gasteiger partial charge on any atom is -0.395 e. The van der Waals surface area contributed by atoms with Crippen molar-refractivity contribution in [1.82, 2.24) is 5.32 Å². The zero-order valence-electron chi connectivity index (χ0n) is 9.55. The summed E-state index contributed by atoms with van der Waals surface area (Å²) in [5.41, 5.74) is 0.768. The first-order valence-electron chi connectivity index (χ1n) is 5.48. The Balaban J connectivity index is 2.17. The topological polar surface area (TPSA) is 86.7 Å². The van der Waals surface area contributed by atoms with E-state index in [-0.39, 0.29) is 19.7 Å². The summed E-state index contributed by atoms with van der Waals surface area (Å²) < 4.78 is 0. The zero-order valence-corrected chi connectivity index (χ0v) is 9.55. The maximum absolute atomic E-state index is 11.7. The van der Waals surface area contributed by atoms with Crippen LogP contribution in [0.3, 0.4) is 0 Å². The predicted molar refractivity (Wildman–Crippen MR) is 63.2 cm³/mol. The van der Waals surface area contributed by atoms with E-state index in [1.807, 2.05) is 0 Å². The normalized spacial score (nSPS) is 13.7. The molecule has 2 rings (SSSR count). The van der Waals surface area contributed by atoms with E-state index in [9.17, 15) is 14.4 Å². The lowest BCUT2D eigenvalue weighted by atomic mass is 10.1. The largest absolute Gasteiger partial charge is 0.395 e. The maximum atomic E-state index is 11.7. The Morgan fingerprint density at radius 3 is 2.72 bits per heavy atom. The molecule has 2 amide bonds. The smallest absolute Gasteiger partial charge is 0.299 e. The third kappa shape index (κ3) is 2.10. The lowest BCUT2D eigenvalue weighted by molar-refractivity contribution is -0.122. The second kappa shape index (κ2) is 4.97. The fraction of sp³-hybridized carbons (Fsp3) is 0.250. The molecule has 0 unspecified atom stereocenters. The van der Waals surface area contributed by atoms with Gasteiger partial charge in [-0.15, -0.1) is 0 Å². The Kier molecular flexibility index (Phi) is 3.38. The van der Waals surface area contributed by atoms with E-state index in [4.69, 9.17) is 5.11 Å². The third-order valence-corrected chi connectivity index (χ3v) is 2.61. The van der Waals surface area contributed by atoms with Crippen LogP contribution in [0.15, 0.2) is 24.3 Å². The highest BCUT2D eigenvalue weighted by atomic mass is 16.3. The zero-order chi connectivity index (χ0) is 13.1. The number of anilines is 1. The first-order chi connectivity index (χ1) is 8.65. The molecule has 2 N–H and O–H groups in total. The molecule has 1 aromatic rings. The molecule has 1 aliphatic rings. The minimum absolute atomic E-state index is 0.121. The molecule has 1 heterocycles. The van der Waals surface area contributed by atoms with Crippen LogP contribution in [0.1, 0.15) is 10.4 Å². The molecule has 0 fully saturated rings. The van der Waals surface area contributed by atoms with E-state index in [2.05, 4.69) is 5.32 Å². The Bertz CT molecular complexity index is 513. The van der Waals surface area contributed by atoms with E-state index in [1.54, 1.807) is 24.3 Å². The van der Waals surface area contributed by atoms with Gasteiger partial charge in [-0.1, -0.05) is 12.1 Å². The number of nitrogens with zero attached hydrogens (tertiary/aromatic N) is 1. The van der Waals surface area contributed by atoms with Crippen LogP contribution in [-0.2, 0) is 9.59 Å². The van der Waals surface area contributed by atoms with Crippen LogP contribution in [0.25, 0.3) is 0 Å². The highest BCUT2D eigenvalue weighted by Gasteiger charge is 2.36. The molecule has 0 radical (unpaired) electrons. The molecule has 6 heteroatoms. The number of carbonyl (C=O) groups is 3. The first-order valence-corrected chi connectivity index (χ1v) is 5.48. The van der Waals surface area contributed by atoms with Crippen molar-refractivity contribution in [3.05, 3.63) is 29.8 Å². The summed E-state index contributed by atoms with van der Waals surface area (Å²) in [5.74, 6) is -1.71. The number of amides is 2. The van der Waals surface area contributed by atoms with Crippen molar-refractivity contribution in [1.29, 1.82) is 0 Å². The summed E-state index contributed by atoms with van der Waals surface area (Å²) in [5, 5.41) is 11.0. The van der Waals surface area contributed by atoms with Crippen LogP contribution in [0.4, 0.5) is 5.69 Å². The average Bonchev–Trinajstić information content (AvgIpc) is 2.62. The number of hydrogen-bond acceptors (Lipinski definition) is 4. The van der Waals surface area contributed by atoms with Crippen molar-refractivity contribution in [2.75, 3.05) is 24.6 Å². The summed E-state index contributed by atoms with van der Waals surface area (Å²) >= 11 is 0. The van der Waals surface area contributed by atoms with E-state index >= 15 is 0 Å². The van der Waals surface area contributed by atoms with Crippen LogP contribution in [0, 0.1) is 0 Å². The number of Topliss-reactive ketones (excluding diaryl/α,β-unsaturated/α-hetero) is 1. The SMILES string of the molecule is O=C(CN1C(=O)C(=O)c2ccccc21)NCCO. The number of aliphatic hydroxyl groups is 1. The lowest BCUT2D eigenvalue weighted by Crippen LogP contribution is -2.40.